The van der Waals surface area contributed by atoms with E-state index >= 15 is 0 Å². The number of hydrogen-bond donors (Lipinski definition) is 1. The molecule has 2 heterocycles. The molecule has 9 nitrogen and oxygen atoms in total. The number of carboxylic acid groups (broad SMARTS) is 1. The molecular formula is C10H9N5O4. The molecule has 0 saturated carbocycles. The lowest BCUT2D eigenvalue weighted by atomic mass is 10.2. The van der Waals surface area contributed by atoms with Gasteiger partial charge >= 0.3 is 11.7 Å². The van der Waals surface area contributed by atoms with Crippen LogP contribution in [0.15, 0.2) is 12.3 Å². The summed E-state index contributed by atoms with van der Waals surface area (Å²) in [7, 11) is 0. The van der Waals surface area contributed by atoms with Gasteiger partial charge in [0.1, 0.15) is 17.0 Å². The van der Waals surface area contributed by atoms with Gasteiger partial charge in [-0.15, -0.1) is 5.10 Å². The van der Waals surface area contributed by atoms with E-state index in [4.69, 9.17) is 5.11 Å². The molecule has 0 amide bonds. The molecule has 0 aliphatic heterocycles. The van der Waals surface area contributed by atoms with Gasteiger partial charge in [0.25, 0.3) is 0 Å². The molecule has 0 spiro atoms. The van der Waals surface area contributed by atoms with E-state index < -0.39 is 10.9 Å². The molecule has 0 radical (unpaired) electrons. The summed E-state index contributed by atoms with van der Waals surface area (Å²) in [5.74, 6) is -1.26. The van der Waals surface area contributed by atoms with Crippen molar-refractivity contribution in [1.82, 2.24) is 20.0 Å². The second-order valence-corrected chi connectivity index (χ2v) is 3.76. The zero-order valence-electron chi connectivity index (χ0n) is 10.1. The minimum absolute atomic E-state index is 0.0521. The van der Waals surface area contributed by atoms with Crippen LogP contribution in [0.1, 0.15) is 21.7 Å². The van der Waals surface area contributed by atoms with Crippen molar-refractivity contribution >= 4 is 11.7 Å². The average molecular weight is 263 g/mol. The van der Waals surface area contributed by atoms with Crippen LogP contribution in [-0.4, -0.2) is 36.0 Å². The number of aromatic carboxylic acids is 1. The van der Waals surface area contributed by atoms with Crippen LogP contribution in [0, 0.1) is 24.0 Å². The Morgan fingerprint density at radius 3 is 2.68 bits per heavy atom. The summed E-state index contributed by atoms with van der Waals surface area (Å²) < 4.78 is 1.12. The second kappa shape index (κ2) is 4.44. The van der Waals surface area contributed by atoms with Gasteiger partial charge in [0.15, 0.2) is 5.82 Å². The first kappa shape index (κ1) is 12.6. The minimum Gasteiger partial charge on any atom is -0.478 e. The second-order valence-electron chi connectivity index (χ2n) is 3.76. The van der Waals surface area contributed by atoms with Gasteiger partial charge in [0.2, 0.25) is 0 Å². The molecule has 2 aromatic heterocycles. The summed E-state index contributed by atoms with van der Waals surface area (Å²) in [5, 5.41) is 31.2. The third-order valence-corrected chi connectivity index (χ3v) is 2.57. The molecule has 0 aromatic carbocycles. The van der Waals surface area contributed by atoms with E-state index in [1.165, 1.54) is 26.1 Å². The van der Waals surface area contributed by atoms with Gasteiger partial charge in [-0.1, -0.05) is 0 Å². The Kier molecular flexibility index (Phi) is 2.95. The molecule has 0 unspecified atom stereocenters. The molecule has 0 aliphatic carbocycles. The van der Waals surface area contributed by atoms with Crippen LogP contribution >= 0.6 is 0 Å². The highest BCUT2D eigenvalue weighted by atomic mass is 16.6. The first-order valence-corrected chi connectivity index (χ1v) is 5.19. The predicted molar refractivity (Wildman–Crippen MR) is 62.2 cm³/mol. The molecular weight excluding hydrogens is 254 g/mol. The summed E-state index contributed by atoms with van der Waals surface area (Å²) in [6.07, 6.45) is 1.23. The fourth-order valence-electron chi connectivity index (χ4n) is 1.75. The topological polar surface area (TPSA) is 124 Å². The van der Waals surface area contributed by atoms with E-state index in [9.17, 15) is 14.9 Å². The van der Waals surface area contributed by atoms with E-state index in [0.717, 1.165) is 4.68 Å². The Hall–Kier alpha value is -2.84. The van der Waals surface area contributed by atoms with E-state index in [1.807, 2.05) is 0 Å². The number of nitro groups is 1. The predicted octanol–water partition coefficient (Wildman–Crippen LogP) is 0.886. The largest absolute Gasteiger partial charge is 0.478 e. The van der Waals surface area contributed by atoms with Crippen molar-refractivity contribution in [2.24, 2.45) is 0 Å². The molecule has 0 atom stereocenters. The third kappa shape index (κ3) is 2.01. The Morgan fingerprint density at radius 1 is 1.47 bits per heavy atom. The van der Waals surface area contributed by atoms with Gasteiger partial charge in [-0.05, 0) is 19.9 Å². The van der Waals surface area contributed by atoms with E-state index in [-0.39, 0.29) is 28.5 Å². The SMILES string of the molecule is Cc1nn(-c2nnccc2C(=O)O)c(C)c1[N+](=O)[O-]. The van der Waals surface area contributed by atoms with Gasteiger partial charge in [0, 0.05) is 0 Å². The number of rotatable bonds is 3. The number of aromatic nitrogens is 4. The fourth-order valence-corrected chi connectivity index (χ4v) is 1.75. The number of carbonyl (C=O) groups is 1. The molecule has 19 heavy (non-hydrogen) atoms. The normalized spacial score (nSPS) is 10.4. The number of aryl methyl sites for hydroxylation is 1. The lowest BCUT2D eigenvalue weighted by molar-refractivity contribution is -0.386. The van der Waals surface area contributed by atoms with Gasteiger partial charge in [-0.3, -0.25) is 10.1 Å². The Morgan fingerprint density at radius 2 is 2.16 bits per heavy atom. The van der Waals surface area contributed by atoms with Gasteiger partial charge in [-0.25, -0.2) is 9.48 Å². The summed E-state index contributed by atoms with van der Waals surface area (Å²) in [4.78, 5) is 21.4. The Balaban J connectivity index is 2.70. The molecule has 2 aromatic rings. The van der Waals surface area contributed by atoms with Gasteiger partial charge < -0.3 is 5.11 Å². The number of hydrogen-bond acceptors (Lipinski definition) is 6. The van der Waals surface area contributed by atoms with E-state index in [1.54, 1.807) is 0 Å². The highest BCUT2D eigenvalue weighted by Crippen LogP contribution is 2.24. The Labute approximate surface area is 106 Å². The van der Waals surface area contributed by atoms with Crippen LogP contribution in [0.25, 0.3) is 5.82 Å². The lowest BCUT2D eigenvalue weighted by Crippen LogP contribution is -2.11. The van der Waals surface area contributed by atoms with Crippen LogP contribution in [0.2, 0.25) is 0 Å². The highest BCUT2D eigenvalue weighted by molar-refractivity contribution is 5.90. The Bertz CT molecular complexity index is 679. The zero-order chi connectivity index (χ0) is 14.2. The number of carboxylic acids is 1. The first-order chi connectivity index (χ1) is 8.93. The van der Waals surface area contributed by atoms with Crippen molar-refractivity contribution in [3.05, 3.63) is 39.3 Å². The quantitative estimate of drug-likeness (QED) is 0.643. The molecule has 0 aliphatic rings. The third-order valence-electron chi connectivity index (χ3n) is 2.57. The van der Waals surface area contributed by atoms with Gasteiger partial charge in [0.05, 0.1) is 11.1 Å². The van der Waals surface area contributed by atoms with Crippen molar-refractivity contribution in [2.45, 2.75) is 13.8 Å². The molecule has 0 saturated heterocycles. The fraction of sp³-hybridized carbons (Fsp3) is 0.200. The van der Waals surface area contributed by atoms with E-state index in [2.05, 4.69) is 15.3 Å². The van der Waals surface area contributed by atoms with Crippen molar-refractivity contribution < 1.29 is 14.8 Å². The maximum absolute atomic E-state index is 11.1. The maximum atomic E-state index is 11.1. The zero-order valence-corrected chi connectivity index (χ0v) is 10.1. The van der Waals surface area contributed by atoms with Crippen LogP contribution in [0.3, 0.4) is 0 Å². The molecule has 0 fully saturated rings. The van der Waals surface area contributed by atoms with Crippen molar-refractivity contribution in [2.75, 3.05) is 0 Å². The summed E-state index contributed by atoms with van der Waals surface area (Å²) in [6.45, 7) is 2.94. The van der Waals surface area contributed by atoms with Crippen LogP contribution in [-0.2, 0) is 0 Å². The smallest absolute Gasteiger partial charge is 0.339 e. The van der Waals surface area contributed by atoms with Crippen molar-refractivity contribution in [3.63, 3.8) is 0 Å². The molecule has 9 heteroatoms. The van der Waals surface area contributed by atoms with Crippen LogP contribution < -0.4 is 0 Å². The lowest BCUT2D eigenvalue weighted by Gasteiger charge is -2.04. The standard InChI is InChI=1S/C10H9N5O4/c1-5-8(15(18)19)6(2)14(13-5)9-7(10(16)17)3-4-11-12-9/h3-4H,1-2H3,(H,16,17). The molecule has 98 valence electrons. The average Bonchev–Trinajstić information content (AvgIpc) is 2.64. The minimum atomic E-state index is -1.21. The molecule has 2 rings (SSSR count). The van der Waals surface area contributed by atoms with Crippen LogP contribution in [0.4, 0.5) is 5.69 Å². The summed E-state index contributed by atoms with van der Waals surface area (Å²) >= 11 is 0. The summed E-state index contributed by atoms with van der Waals surface area (Å²) in [6, 6.07) is 1.26. The molecule has 0 bridgehead atoms. The van der Waals surface area contributed by atoms with Gasteiger partial charge in [-0.2, -0.15) is 10.2 Å². The monoisotopic (exact) mass is 263 g/mol. The van der Waals surface area contributed by atoms with E-state index in [0.29, 0.717) is 0 Å². The molecule has 1 N–H and O–H groups in total. The number of nitrogens with zero attached hydrogens (tertiary/aromatic N) is 5. The highest BCUT2D eigenvalue weighted by Gasteiger charge is 2.25. The maximum Gasteiger partial charge on any atom is 0.339 e. The van der Waals surface area contributed by atoms with Crippen molar-refractivity contribution in [1.29, 1.82) is 0 Å². The first-order valence-electron chi connectivity index (χ1n) is 5.19. The van der Waals surface area contributed by atoms with Crippen LogP contribution in [0.5, 0.6) is 0 Å². The summed E-state index contributed by atoms with van der Waals surface area (Å²) in [5.41, 5.74) is 0.0903. The van der Waals surface area contributed by atoms with Crippen molar-refractivity contribution in [3.8, 4) is 5.82 Å².